The Labute approximate surface area is 155 Å². The van der Waals surface area contributed by atoms with Gasteiger partial charge in [-0.05, 0) is 25.3 Å². The molecule has 3 heterocycles. The summed E-state index contributed by atoms with van der Waals surface area (Å²) in [5, 5.41) is 0. The zero-order valence-corrected chi connectivity index (χ0v) is 15.4. The average Bonchev–Trinajstić information content (AvgIpc) is 3.23. The predicted molar refractivity (Wildman–Crippen MR) is 104 cm³/mol. The molecule has 0 bridgehead atoms. The first-order chi connectivity index (χ1) is 12.7. The second kappa shape index (κ2) is 7.60. The quantitative estimate of drug-likeness (QED) is 0.912. The van der Waals surface area contributed by atoms with Crippen molar-refractivity contribution in [3.8, 4) is 11.3 Å². The SMILES string of the molecule is C[C@H](c1ccc(-c2cc(N3CCCC3)nc(N)n2)cc1)N1CCOCC1. The molecule has 0 unspecified atom stereocenters. The summed E-state index contributed by atoms with van der Waals surface area (Å²) in [5.41, 5.74) is 9.26. The van der Waals surface area contributed by atoms with E-state index in [0.29, 0.717) is 12.0 Å². The fourth-order valence-corrected chi connectivity index (χ4v) is 3.82. The van der Waals surface area contributed by atoms with Gasteiger partial charge in [-0.2, -0.15) is 4.98 Å². The zero-order valence-electron chi connectivity index (χ0n) is 15.4. The number of nitrogen functional groups attached to an aromatic ring is 1. The molecule has 1 atom stereocenters. The van der Waals surface area contributed by atoms with E-state index in [9.17, 15) is 0 Å². The number of rotatable bonds is 4. The maximum Gasteiger partial charge on any atom is 0.222 e. The van der Waals surface area contributed by atoms with E-state index in [-0.39, 0.29) is 0 Å². The Morgan fingerprint density at radius 2 is 1.69 bits per heavy atom. The minimum absolute atomic E-state index is 0.343. The molecule has 138 valence electrons. The van der Waals surface area contributed by atoms with Gasteiger partial charge in [0.1, 0.15) is 5.82 Å². The number of nitrogens with zero attached hydrogens (tertiary/aromatic N) is 4. The van der Waals surface area contributed by atoms with Crippen molar-refractivity contribution in [1.29, 1.82) is 0 Å². The Balaban J connectivity index is 1.54. The van der Waals surface area contributed by atoms with Crippen LogP contribution in [0.4, 0.5) is 11.8 Å². The second-order valence-corrected chi connectivity index (χ2v) is 7.11. The summed E-state index contributed by atoms with van der Waals surface area (Å²) in [4.78, 5) is 13.6. The molecule has 1 aromatic carbocycles. The van der Waals surface area contributed by atoms with Crippen LogP contribution in [0.1, 0.15) is 31.4 Å². The minimum Gasteiger partial charge on any atom is -0.379 e. The molecule has 2 saturated heterocycles. The van der Waals surface area contributed by atoms with Crippen molar-refractivity contribution >= 4 is 11.8 Å². The molecule has 4 rings (SSSR count). The van der Waals surface area contributed by atoms with Crippen LogP contribution in [0.25, 0.3) is 11.3 Å². The standard InChI is InChI=1S/C20H27N5O/c1-15(24-10-12-26-13-11-24)16-4-6-17(7-5-16)18-14-19(23-20(21)22-18)25-8-2-3-9-25/h4-7,14-15H,2-3,8-13H2,1H3,(H2,21,22,23)/t15-/m1/s1. The van der Waals surface area contributed by atoms with Crippen LogP contribution in [-0.4, -0.2) is 54.3 Å². The van der Waals surface area contributed by atoms with Gasteiger partial charge in [0.2, 0.25) is 5.95 Å². The van der Waals surface area contributed by atoms with Crippen LogP contribution < -0.4 is 10.6 Å². The lowest BCUT2D eigenvalue weighted by Crippen LogP contribution is -2.37. The monoisotopic (exact) mass is 353 g/mol. The van der Waals surface area contributed by atoms with Gasteiger partial charge in [-0.15, -0.1) is 0 Å². The fourth-order valence-electron chi connectivity index (χ4n) is 3.82. The van der Waals surface area contributed by atoms with Crippen LogP contribution in [0.3, 0.4) is 0 Å². The van der Waals surface area contributed by atoms with Gasteiger partial charge >= 0.3 is 0 Å². The summed E-state index contributed by atoms with van der Waals surface area (Å²) in [5.74, 6) is 1.28. The average molecular weight is 353 g/mol. The van der Waals surface area contributed by atoms with Crippen LogP contribution in [0.2, 0.25) is 0 Å². The lowest BCUT2D eigenvalue weighted by atomic mass is 10.0. The third-order valence-electron chi connectivity index (χ3n) is 5.44. The van der Waals surface area contributed by atoms with Gasteiger partial charge in [0.15, 0.2) is 0 Å². The topological polar surface area (TPSA) is 67.5 Å². The molecule has 2 aliphatic rings. The summed E-state index contributed by atoms with van der Waals surface area (Å²) in [6.07, 6.45) is 2.43. The summed E-state index contributed by atoms with van der Waals surface area (Å²) in [6, 6.07) is 11.1. The van der Waals surface area contributed by atoms with Gasteiger partial charge in [0.05, 0.1) is 18.9 Å². The van der Waals surface area contributed by atoms with Gasteiger partial charge in [0, 0.05) is 43.9 Å². The van der Waals surface area contributed by atoms with Gasteiger partial charge in [-0.25, -0.2) is 4.98 Å². The van der Waals surface area contributed by atoms with Crippen LogP contribution in [-0.2, 0) is 4.74 Å². The number of hydrogen-bond donors (Lipinski definition) is 1. The van der Waals surface area contributed by atoms with Crippen molar-refractivity contribution in [2.75, 3.05) is 50.0 Å². The molecule has 26 heavy (non-hydrogen) atoms. The van der Waals surface area contributed by atoms with E-state index in [0.717, 1.165) is 56.5 Å². The summed E-state index contributed by atoms with van der Waals surface area (Å²) >= 11 is 0. The maximum absolute atomic E-state index is 5.97. The smallest absolute Gasteiger partial charge is 0.222 e. The molecule has 2 N–H and O–H groups in total. The van der Waals surface area contributed by atoms with Gasteiger partial charge in [0.25, 0.3) is 0 Å². The molecular weight excluding hydrogens is 326 g/mol. The molecule has 0 spiro atoms. The number of nitrogens with two attached hydrogens (primary N) is 1. The van der Waals surface area contributed by atoms with Crippen LogP contribution >= 0.6 is 0 Å². The third kappa shape index (κ3) is 3.66. The van der Waals surface area contributed by atoms with E-state index in [1.54, 1.807) is 0 Å². The van der Waals surface area contributed by atoms with Crippen LogP contribution in [0, 0.1) is 0 Å². The molecule has 0 saturated carbocycles. The van der Waals surface area contributed by atoms with E-state index >= 15 is 0 Å². The van der Waals surface area contributed by atoms with Crippen LogP contribution in [0.5, 0.6) is 0 Å². The van der Waals surface area contributed by atoms with Crippen molar-refractivity contribution < 1.29 is 4.74 Å². The zero-order chi connectivity index (χ0) is 17.9. The summed E-state index contributed by atoms with van der Waals surface area (Å²) < 4.78 is 5.46. The Hall–Kier alpha value is -2.18. The van der Waals surface area contributed by atoms with E-state index in [1.807, 2.05) is 0 Å². The highest BCUT2D eigenvalue weighted by molar-refractivity contribution is 5.65. The largest absolute Gasteiger partial charge is 0.379 e. The number of aromatic nitrogens is 2. The molecule has 6 nitrogen and oxygen atoms in total. The summed E-state index contributed by atoms with van der Waals surface area (Å²) in [6.45, 7) is 7.98. The Bertz CT molecular complexity index is 736. The number of morpholine rings is 1. The molecule has 0 aliphatic carbocycles. The first-order valence-corrected chi connectivity index (χ1v) is 9.52. The molecule has 2 aromatic rings. The first kappa shape index (κ1) is 17.2. The van der Waals surface area contributed by atoms with Crippen molar-refractivity contribution in [2.24, 2.45) is 0 Å². The minimum atomic E-state index is 0.343. The third-order valence-corrected chi connectivity index (χ3v) is 5.44. The Kier molecular flexibility index (Phi) is 5.04. The molecule has 1 aromatic heterocycles. The predicted octanol–water partition coefficient (Wildman–Crippen LogP) is 2.72. The molecule has 6 heteroatoms. The highest BCUT2D eigenvalue weighted by atomic mass is 16.5. The number of anilines is 2. The number of benzene rings is 1. The maximum atomic E-state index is 5.97. The van der Waals surface area contributed by atoms with Crippen molar-refractivity contribution in [2.45, 2.75) is 25.8 Å². The van der Waals surface area contributed by atoms with Crippen molar-refractivity contribution in [3.63, 3.8) is 0 Å². The molecule has 2 fully saturated rings. The van der Waals surface area contributed by atoms with E-state index in [2.05, 4.69) is 57.0 Å². The lowest BCUT2D eigenvalue weighted by molar-refractivity contribution is 0.0198. The van der Waals surface area contributed by atoms with Crippen LogP contribution in [0.15, 0.2) is 30.3 Å². The fraction of sp³-hybridized carbons (Fsp3) is 0.500. The van der Waals surface area contributed by atoms with E-state index in [4.69, 9.17) is 10.5 Å². The van der Waals surface area contributed by atoms with Gasteiger partial charge in [-0.3, -0.25) is 4.90 Å². The first-order valence-electron chi connectivity index (χ1n) is 9.52. The number of ether oxygens (including phenoxy) is 1. The summed E-state index contributed by atoms with van der Waals surface area (Å²) in [7, 11) is 0. The van der Waals surface area contributed by atoms with Crippen molar-refractivity contribution in [1.82, 2.24) is 14.9 Å². The highest BCUT2D eigenvalue weighted by Crippen LogP contribution is 2.27. The Morgan fingerprint density at radius 3 is 2.38 bits per heavy atom. The molecule has 0 radical (unpaired) electrons. The number of hydrogen-bond acceptors (Lipinski definition) is 6. The lowest BCUT2D eigenvalue weighted by Gasteiger charge is -2.32. The Morgan fingerprint density at radius 1 is 1.00 bits per heavy atom. The normalized spacial score (nSPS) is 19.7. The van der Waals surface area contributed by atoms with E-state index < -0.39 is 0 Å². The van der Waals surface area contributed by atoms with Gasteiger partial charge < -0.3 is 15.4 Å². The van der Waals surface area contributed by atoms with Crippen molar-refractivity contribution in [3.05, 3.63) is 35.9 Å². The molecular formula is C20H27N5O. The van der Waals surface area contributed by atoms with E-state index in [1.165, 1.54) is 18.4 Å². The molecule has 0 amide bonds. The highest BCUT2D eigenvalue weighted by Gasteiger charge is 2.19. The van der Waals surface area contributed by atoms with Gasteiger partial charge in [-0.1, -0.05) is 24.3 Å². The second-order valence-electron chi connectivity index (χ2n) is 7.11. The molecule has 2 aliphatic heterocycles.